The van der Waals surface area contributed by atoms with Gasteiger partial charge in [0.05, 0.1) is 11.6 Å². The number of carbonyl (C=O) groups excluding carboxylic acids is 2. The van der Waals surface area contributed by atoms with E-state index in [4.69, 9.17) is 0 Å². The fourth-order valence-electron chi connectivity index (χ4n) is 1.81. The third-order valence-corrected chi connectivity index (χ3v) is 3.75. The quantitative estimate of drug-likeness (QED) is 0.706. The van der Waals surface area contributed by atoms with Crippen molar-refractivity contribution < 1.29 is 9.59 Å². The van der Waals surface area contributed by atoms with Gasteiger partial charge in [-0.1, -0.05) is 26.2 Å². The Balaban J connectivity index is 2.17. The highest BCUT2D eigenvalue weighted by Gasteiger charge is 2.23. The van der Waals surface area contributed by atoms with Crippen LogP contribution in [0, 0.1) is 0 Å². The summed E-state index contributed by atoms with van der Waals surface area (Å²) >= 11 is 1.56. The lowest BCUT2D eigenvalue weighted by Crippen LogP contribution is -2.41. The van der Waals surface area contributed by atoms with E-state index in [1.807, 2.05) is 6.92 Å². The maximum atomic E-state index is 11.7. The Bertz CT molecular complexity index is 271. The molecule has 4 nitrogen and oxygen atoms in total. The van der Waals surface area contributed by atoms with Crippen molar-refractivity contribution in [1.29, 1.82) is 0 Å². The average molecular weight is 258 g/mol. The topological polar surface area (TPSA) is 49.4 Å². The molecule has 17 heavy (non-hydrogen) atoms. The van der Waals surface area contributed by atoms with Crippen molar-refractivity contribution in [2.45, 2.75) is 45.6 Å². The van der Waals surface area contributed by atoms with Crippen LogP contribution in [-0.2, 0) is 9.59 Å². The van der Waals surface area contributed by atoms with Crippen LogP contribution in [0.3, 0.4) is 0 Å². The normalized spacial score (nSPS) is 17.3. The number of thioether (sulfide) groups is 1. The van der Waals surface area contributed by atoms with Crippen molar-refractivity contribution in [1.82, 2.24) is 10.2 Å². The van der Waals surface area contributed by atoms with Gasteiger partial charge in [0.1, 0.15) is 6.54 Å². The molecule has 1 aliphatic heterocycles. The summed E-state index contributed by atoms with van der Waals surface area (Å²) in [5.74, 6) is 1.20. The van der Waals surface area contributed by atoms with Crippen LogP contribution < -0.4 is 5.32 Å². The van der Waals surface area contributed by atoms with Gasteiger partial charge in [-0.05, 0) is 13.3 Å². The van der Waals surface area contributed by atoms with Gasteiger partial charge in [0.2, 0.25) is 11.8 Å². The smallest absolute Gasteiger partial charge is 0.239 e. The van der Waals surface area contributed by atoms with E-state index in [0.717, 1.165) is 12.8 Å². The van der Waals surface area contributed by atoms with Gasteiger partial charge < -0.3 is 10.2 Å². The Morgan fingerprint density at radius 2 is 2.29 bits per heavy atom. The van der Waals surface area contributed by atoms with Gasteiger partial charge in [-0.25, -0.2) is 0 Å². The number of unbranched alkanes of at least 4 members (excludes halogenated alkanes) is 2. The van der Waals surface area contributed by atoms with Gasteiger partial charge in [0, 0.05) is 6.04 Å². The molecule has 0 aromatic carbocycles. The summed E-state index contributed by atoms with van der Waals surface area (Å²) in [4.78, 5) is 24.6. The predicted octanol–water partition coefficient (Wildman–Crippen LogP) is 1.60. The number of amides is 2. The molecule has 1 N–H and O–H groups in total. The predicted molar refractivity (Wildman–Crippen MR) is 70.8 cm³/mol. The van der Waals surface area contributed by atoms with Crippen molar-refractivity contribution in [3.63, 3.8) is 0 Å². The largest absolute Gasteiger partial charge is 0.352 e. The van der Waals surface area contributed by atoms with Crippen LogP contribution in [0.1, 0.15) is 39.5 Å². The molecule has 98 valence electrons. The molecule has 0 radical (unpaired) electrons. The van der Waals surface area contributed by atoms with Crippen LogP contribution in [0.15, 0.2) is 0 Å². The number of carbonyl (C=O) groups is 2. The maximum absolute atomic E-state index is 11.7. The highest BCUT2D eigenvalue weighted by atomic mass is 32.2. The Hall–Kier alpha value is -0.710. The van der Waals surface area contributed by atoms with Gasteiger partial charge in [-0.15, -0.1) is 11.8 Å². The van der Waals surface area contributed by atoms with Crippen molar-refractivity contribution in [3.05, 3.63) is 0 Å². The molecule has 1 atom stereocenters. The van der Waals surface area contributed by atoms with E-state index in [1.54, 1.807) is 16.7 Å². The van der Waals surface area contributed by atoms with Crippen molar-refractivity contribution in [2.75, 3.05) is 18.2 Å². The SMILES string of the molecule is CCCCCC(C)NC(=O)CN1CSCC1=O. The Morgan fingerprint density at radius 3 is 2.88 bits per heavy atom. The van der Waals surface area contributed by atoms with E-state index in [1.165, 1.54) is 12.8 Å². The molecule has 2 amide bonds. The third-order valence-electron chi connectivity index (χ3n) is 2.81. The van der Waals surface area contributed by atoms with Gasteiger partial charge in [0.25, 0.3) is 0 Å². The molecular formula is C12H22N2O2S. The third kappa shape index (κ3) is 5.44. The van der Waals surface area contributed by atoms with E-state index >= 15 is 0 Å². The molecule has 1 fully saturated rings. The second-order valence-electron chi connectivity index (χ2n) is 4.53. The van der Waals surface area contributed by atoms with Crippen LogP contribution in [-0.4, -0.2) is 40.9 Å². The van der Waals surface area contributed by atoms with Crippen molar-refractivity contribution in [2.24, 2.45) is 0 Å². The van der Waals surface area contributed by atoms with E-state index in [2.05, 4.69) is 12.2 Å². The molecular weight excluding hydrogens is 236 g/mol. The first-order chi connectivity index (χ1) is 8.13. The Labute approximate surface area is 108 Å². The summed E-state index contributed by atoms with van der Waals surface area (Å²) in [6.07, 6.45) is 4.57. The molecule has 0 aromatic heterocycles. The van der Waals surface area contributed by atoms with Gasteiger partial charge in [0.15, 0.2) is 0 Å². The zero-order valence-electron chi connectivity index (χ0n) is 10.7. The molecule has 0 spiro atoms. The second kappa shape index (κ2) is 7.58. The van der Waals surface area contributed by atoms with Crippen LogP contribution in [0.4, 0.5) is 0 Å². The number of rotatable bonds is 7. The van der Waals surface area contributed by atoms with Gasteiger partial charge in [-0.3, -0.25) is 9.59 Å². The fourth-order valence-corrected chi connectivity index (χ4v) is 2.71. The zero-order chi connectivity index (χ0) is 12.7. The minimum atomic E-state index is -0.0372. The summed E-state index contributed by atoms with van der Waals surface area (Å²) in [5.41, 5.74) is 0. The zero-order valence-corrected chi connectivity index (χ0v) is 11.5. The van der Waals surface area contributed by atoms with Gasteiger partial charge in [-0.2, -0.15) is 0 Å². The van der Waals surface area contributed by atoms with E-state index in [-0.39, 0.29) is 24.4 Å². The fraction of sp³-hybridized carbons (Fsp3) is 0.833. The molecule has 0 aliphatic carbocycles. The monoisotopic (exact) mass is 258 g/mol. The number of hydrogen-bond donors (Lipinski definition) is 1. The first-order valence-corrected chi connectivity index (χ1v) is 7.43. The van der Waals surface area contributed by atoms with Gasteiger partial charge >= 0.3 is 0 Å². The lowest BCUT2D eigenvalue weighted by atomic mass is 10.1. The maximum Gasteiger partial charge on any atom is 0.239 e. The molecule has 0 saturated carbocycles. The summed E-state index contributed by atoms with van der Waals surface area (Å²) in [5, 5.41) is 2.94. The Kier molecular flexibility index (Phi) is 6.40. The lowest BCUT2D eigenvalue weighted by molar-refractivity contribution is -0.132. The van der Waals surface area contributed by atoms with Crippen LogP contribution in [0.2, 0.25) is 0 Å². The van der Waals surface area contributed by atoms with Crippen molar-refractivity contribution in [3.8, 4) is 0 Å². The van der Waals surface area contributed by atoms with Crippen molar-refractivity contribution >= 4 is 23.6 Å². The van der Waals surface area contributed by atoms with E-state index in [0.29, 0.717) is 11.6 Å². The van der Waals surface area contributed by atoms with E-state index in [9.17, 15) is 9.59 Å². The Morgan fingerprint density at radius 1 is 1.53 bits per heavy atom. The first-order valence-electron chi connectivity index (χ1n) is 6.28. The van der Waals surface area contributed by atoms with Crippen LogP contribution >= 0.6 is 11.8 Å². The number of nitrogens with one attached hydrogen (secondary N) is 1. The molecule has 1 heterocycles. The molecule has 1 aliphatic rings. The summed E-state index contributed by atoms with van der Waals surface area (Å²) < 4.78 is 0. The second-order valence-corrected chi connectivity index (χ2v) is 5.49. The minimum Gasteiger partial charge on any atom is -0.352 e. The highest BCUT2D eigenvalue weighted by molar-refractivity contribution is 8.00. The molecule has 1 rings (SSSR count). The average Bonchev–Trinajstić information content (AvgIpc) is 2.64. The lowest BCUT2D eigenvalue weighted by Gasteiger charge is -2.17. The molecule has 1 saturated heterocycles. The van der Waals surface area contributed by atoms with E-state index < -0.39 is 0 Å². The highest BCUT2D eigenvalue weighted by Crippen LogP contribution is 2.14. The summed E-state index contributed by atoms with van der Waals surface area (Å²) in [6, 6.07) is 0.208. The number of hydrogen-bond acceptors (Lipinski definition) is 3. The molecule has 1 unspecified atom stereocenters. The van der Waals surface area contributed by atoms with Crippen LogP contribution in [0.25, 0.3) is 0 Å². The minimum absolute atomic E-state index is 0.0372. The first kappa shape index (κ1) is 14.4. The molecule has 0 bridgehead atoms. The van der Waals surface area contributed by atoms with Crippen LogP contribution in [0.5, 0.6) is 0 Å². The summed E-state index contributed by atoms with van der Waals surface area (Å²) in [6.45, 7) is 4.40. The standard InChI is InChI=1S/C12H22N2O2S/c1-3-4-5-6-10(2)13-11(15)7-14-9-17-8-12(14)16/h10H,3-9H2,1-2H3,(H,13,15). The molecule has 5 heteroatoms. The summed E-state index contributed by atoms with van der Waals surface area (Å²) in [7, 11) is 0. The number of nitrogens with zero attached hydrogens (tertiary/aromatic N) is 1. The molecule has 0 aromatic rings.